The predicted molar refractivity (Wildman–Crippen MR) is 78.9 cm³/mol. The maximum Gasteiger partial charge on any atom is 0.265 e. The first kappa shape index (κ1) is 14.1. The van der Waals surface area contributed by atoms with Crippen LogP contribution in [0.4, 0.5) is 0 Å². The van der Waals surface area contributed by atoms with E-state index in [-0.39, 0.29) is 5.56 Å². The summed E-state index contributed by atoms with van der Waals surface area (Å²) in [6.45, 7) is 1.94. The Kier molecular flexibility index (Phi) is 4.27. The molecule has 0 unspecified atom stereocenters. The van der Waals surface area contributed by atoms with Crippen molar-refractivity contribution in [3.05, 3.63) is 43.7 Å². The van der Waals surface area contributed by atoms with Crippen LogP contribution < -0.4 is 10.3 Å². The molecule has 4 nitrogen and oxygen atoms in total. The van der Waals surface area contributed by atoms with Gasteiger partial charge in [-0.05, 0) is 40.5 Å². The van der Waals surface area contributed by atoms with Crippen molar-refractivity contribution in [1.29, 1.82) is 0 Å². The van der Waals surface area contributed by atoms with Crippen LogP contribution in [0, 0.1) is 0 Å². The minimum absolute atomic E-state index is 0.209. The zero-order valence-corrected chi connectivity index (χ0v) is 12.8. The number of aromatic amines is 1. The van der Waals surface area contributed by atoms with Crippen molar-refractivity contribution in [2.45, 2.75) is 13.3 Å². The number of hydrogen-bond donors (Lipinski definition) is 1. The Hall–Kier alpha value is -1.33. The number of hydrogen-bond acceptors (Lipinski definition) is 3. The van der Waals surface area contributed by atoms with Crippen LogP contribution in [0.1, 0.15) is 12.6 Å². The highest BCUT2D eigenvalue weighted by Crippen LogP contribution is 2.30. The summed E-state index contributed by atoms with van der Waals surface area (Å²) in [5.74, 6) is 1.04. The number of halogens is 2. The average molecular weight is 344 g/mol. The minimum atomic E-state index is -0.209. The molecule has 0 bridgehead atoms. The molecule has 0 aliphatic carbocycles. The zero-order valence-electron chi connectivity index (χ0n) is 10.5. The van der Waals surface area contributed by atoms with Gasteiger partial charge in [-0.2, -0.15) is 0 Å². The van der Waals surface area contributed by atoms with E-state index in [1.54, 1.807) is 25.3 Å². The van der Waals surface area contributed by atoms with Gasteiger partial charge in [-0.3, -0.25) is 4.79 Å². The van der Waals surface area contributed by atoms with Gasteiger partial charge < -0.3 is 9.72 Å². The molecule has 6 heteroatoms. The lowest BCUT2D eigenvalue weighted by Crippen LogP contribution is -2.13. The molecule has 100 valence electrons. The van der Waals surface area contributed by atoms with E-state index in [1.165, 1.54) is 0 Å². The summed E-state index contributed by atoms with van der Waals surface area (Å²) in [6, 6.07) is 5.18. The summed E-state index contributed by atoms with van der Waals surface area (Å²) in [5.41, 5.74) is 1.20. The van der Waals surface area contributed by atoms with E-state index < -0.39 is 0 Å². The number of methoxy groups -OCH3 is 1. The number of nitrogens with zero attached hydrogens (tertiary/aromatic N) is 1. The summed E-state index contributed by atoms with van der Waals surface area (Å²) in [6.07, 6.45) is 0.660. The Morgan fingerprint density at radius 1 is 1.47 bits per heavy atom. The Labute approximate surface area is 123 Å². The molecule has 1 N–H and O–H groups in total. The third-order valence-corrected chi connectivity index (χ3v) is 3.74. The lowest BCUT2D eigenvalue weighted by Gasteiger charge is -2.09. The molecule has 0 aliphatic heterocycles. The largest absolute Gasteiger partial charge is 0.496 e. The van der Waals surface area contributed by atoms with Crippen LogP contribution in [-0.4, -0.2) is 17.1 Å². The van der Waals surface area contributed by atoms with E-state index in [0.29, 0.717) is 38.7 Å². The van der Waals surface area contributed by atoms with Crippen LogP contribution in [0.5, 0.6) is 5.75 Å². The van der Waals surface area contributed by atoms with E-state index in [9.17, 15) is 4.79 Å². The number of ether oxygens (including phenoxy) is 1. The summed E-state index contributed by atoms with van der Waals surface area (Å²) >= 11 is 9.15. The molecular weight excluding hydrogens is 332 g/mol. The molecule has 0 spiro atoms. The van der Waals surface area contributed by atoms with E-state index in [4.69, 9.17) is 16.3 Å². The van der Waals surface area contributed by atoms with Crippen LogP contribution in [0.3, 0.4) is 0 Å². The number of nitrogens with one attached hydrogen (secondary N) is 1. The maximum atomic E-state index is 11.9. The predicted octanol–water partition coefficient (Wildman–Crippen LogP) is 3.42. The first-order valence-electron chi connectivity index (χ1n) is 5.69. The number of H-pyrrole nitrogens is 1. The number of aryl methyl sites for hydroxylation is 1. The maximum absolute atomic E-state index is 11.9. The number of benzene rings is 1. The molecule has 2 rings (SSSR count). The topological polar surface area (TPSA) is 55.0 Å². The molecular formula is C13H12BrClN2O2. The summed E-state index contributed by atoms with van der Waals surface area (Å²) in [7, 11) is 1.55. The monoisotopic (exact) mass is 342 g/mol. The van der Waals surface area contributed by atoms with E-state index in [0.717, 1.165) is 0 Å². The first-order chi connectivity index (χ1) is 9.06. The van der Waals surface area contributed by atoms with Crippen molar-refractivity contribution in [1.82, 2.24) is 9.97 Å². The molecule has 1 aromatic heterocycles. The van der Waals surface area contributed by atoms with Gasteiger partial charge in [-0.25, -0.2) is 4.98 Å². The highest BCUT2D eigenvalue weighted by Gasteiger charge is 2.13. The van der Waals surface area contributed by atoms with Crippen LogP contribution in [-0.2, 0) is 6.42 Å². The first-order valence-corrected chi connectivity index (χ1v) is 6.86. The van der Waals surface area contributed by atoms with Gasteiger partial charge in [0.05, 0.1) is 18.4 Å². The fourth-order valence-electron chi connectivity index (χ4n) is 1.73. The van der Waals surface area contributed by atoms with E-state index in [1.807, 2.05) is 6.92 Å². The number of rotatable bonds is 3. The van der Waals surface area contributed by atoms with Gasteiger partial charge in [0.2, 0.25) is 0 Å². The quantitative estimate of drug-likeness (QED) is 0.929. The fraction of sp³-hybridized carbons (Fsp3) is 0.231. The lowest BCUT2D eigenvalue weighted by molar-refractivity contribution is 0.416. The third kappa shape index (κ3) is 2.82. The molecule has 0 aliphatic rings. The normalized spacial score (nSPS) is 10.5. The molecule has 0 radical (unpaired) electrons. The lowest BCUT2D eigenvalue weighted by atomic mass is 10.2. The molecule has 0 saturated heterocycles. The summed E-state index contributed by atoms with van der Waals surface area (Å²) in [4.78, 5) is 19.0. The molecule has 1 aromatic carbocycles. The second-order valence-electron chi connectivity index (χ2n) is 3.87. The summed E-state index contributed by atoms with van der Waals surface area (Å²) in [5, 5.41) is 0.566. The van der Waals surface area contributed by atoms with Gasteiger partial charge in [0, 0.05) is 5.02 Å². The van der Waals surface area contributed by atoms with Gasteiger partial charge in [0.25, 0.3) is 5.56 Å². The van der Waals surface area contributed by atoms with Gasteiger partial charge >= 0.3 is 0 Å². The van der Waals surface area contributed by atoms with Crippen molar-refractivity contribution >= 4 is 27.5 Å². The van der Waals surface area contributed by atoms with Crippen LogP contribution in [0.2, 0.25) is 5.02 Å². The van der Waals surface area contributed by atoms with Gasteiger partial charge in [0.15, 0.2) is 0 Å². The smallest absolute Gasteiger partial charge is 0.265 e. The zero-order chi connectivity index (χ0) is 14.0. The second kappa shape index (κ2) is 5.75. The SMILES string of the molecule is CCc1nc(-c2ccc(Cl)cc2OC)[nH]c(=O)c1Br. The van der Waals surface area contributed by atoms with Crippen molar-refractivity contribution in [2.24, 2.45) is 0 Å². The van der Waals surface area contributed by atoms with E-state index >= 15 is 0 Å². The highest BCUT2D eigenvalue weighted by atomic mass is 79.9. The Morgan fingerprint density at radius 3 is 2.84 bits per heavy atom. The standard InChI is InChI=1S/C13H12BrClN2O2/c1-3-9-11(14)13(18)17-12(16-9)8-5-4-7(15)6-10(8)19-2/h4-6H,3H2,1-2H3,(H,16,17,18). The van der Waals surface area contributed by atoms with Crippen LogP contribution >= 0.6 is 27.5 Å². The van der Waals surface area contributed by atoms with Crippen molar-refractivity contribution in [2.75, 3.05) is 7.11 Å². The van der Waals surface area contributed by atoms with Gasteiger partial charge in [0.1, 0.15) is 16.0 Å². The van der Waals surface area contributed by atoms with Gasteiger partial charge in [-0.1, -0.05) is 18.5 Å². The molecule has 0 saturated carbocycles. The highest BCUT2D eigenvalue weighted by molar-refractivity contribution is 9.10. The number of aromatic nitrogens is 2. The second-order valence-corrected chi connectivity index (χ2v) is 5.10. The van der Waals surface area contributed by atoms with Crippen molar-refractivity contribution < 1.29 is 4.74 Å². The summed E-state index contributed by atoms with van der Waals surface area (Å²) < 4.78 is 5.73. The van der Waals surface area contributed by atoms with Crippen molar-refractivity contribution in [3.8, 4) is 17.1 Å². The van der Waals surface area contributed by atoms with E-state index in [2.05, 4.69) is 25.9 Å². The minimum Gasteiger partial charge on any atom is -0.496 e. The molecule has 19 heavy (non-hydrogen) atoms. The van der Waals surface area contributed by atoms with Crippen molar-refractivity contribution in [3.63, 3.8) is 0 Å². The molecule has 0 amide bonds. The fourth-order valence-corrected chi connectivity index (χ4v) is 2.36. The molecule has 2 aromatic rings. The third-order valence-electron chi connectivity index (χ3n) is 2.68. The molecule has 0 fully saturated rings. The molecule has 1 heterocycles. The van der Waals surface area contributed by atoms with Gasteiger partial charge in [-0.15, -0.1) is 0 Å². The Balaban J connectivity index is 2.65. The Morgan fingerprint density at radius 2 is 2.21 bits per heavy atom. The van der Waals surface area contributed by atoms with Crippen LogP contribution in [0.15, 0.2) is 27.5 Å². The molecule has 0 atom stereocenters. The van der Waals surface area contributed by atoms with Crippen LogP contribution in [0.25, 0.3) is 11.4 Å². The Bertz CT molecular complexity index is 670. The average Bonchev–Trinajstić information content (AvgIpc) is 2.41.